The third kappa shape index (κ3) is 5.25. The van der Waals surface area contributed by atoms with Gasteiger partial charge in [-0.25, -0.2) is 0 Å². The first kappa shape index (κ1) is 17.8. The van der Waals surface area contributed by atoms with Gasteiger partial charge >= 0.3 is 0 Å². The Balaban J connectivity index is 1.98. The Morgan fingerprint density at radius 2 is 1.96 bits per heavy atom. The molecule has 1 atom stereocenters. The number of amides is 2. The van der Waals surface area contributed by atoms with E-state index in [9.17, 15) is 9.59 Å². The maximum absolute atomic E-state index is 12.2. The summed E-state index contributed by atoms with van der Waals surface area (Å²) in [6, 6.07) is 14.4. The van der Waals surface area contributed by atoms with Gasteiger partial charge in [-0.3, -0.25) is 9.59 Å². The maximum Gasteiger partial charge on any atom is 0.247 e. The van der Waals surface area contributed by atoms with Crippen molar-refractivity contribution in [1.29, 1.82) is 0 Å². The van der Waals surface area contributed by atoms with Crippen molar-refractivity contribution in [1.82, 2.24) is 5.32 Å². The molecule has 2 aromatic rings. The fourth-order valence-corrected chi connectivity index (χ4v) is 2.49. The molecule has 4 nitrogen and oxygen atoms in total. The molecule has 0 radical (unpaired) electrons. The summed E-state index contributed by atoms with van der Waals surface area (Å²) >= 11 is 5.97. The average molecular weight is 343 g/mol. The van der Waals surface area contributed by atoms with E-state index in [2.05, 4.69) is 17.2 Å². The number of carbonyl (C=O) groups excluding carboxylic acids is 2. The number of halogens is 1. The van der Waals surface area contributed by atoms with Crippen LogP contribution in [0.3, 0.4) is 0 Å². The second-order valence-electron chi connectivity index (χ2n) is 5.41. The van der Waals surface area contributed by atoms with Gasteiger partial charge in [0.2, 0.25) is 11.8 Å². The van der Waals surface area contributed by atoms with E-state index in [4.69, 9.17) is 11.6 Å². The Morgan fingerprint density at radius 3 is 2.67 bits per heavy atom. The largest absolute Gasteiger partial charge is 0.349 e. The number of benzene rings is 2. The number of rotatable bonds is 6. The highest BCUT2D eigenvalue weighted by Gasteiger charge is 2.11. The summed E-state index contributed by atoms with van der Waals surface area (Å²) in [5.41, 5.74) is 2.39. The first-order valence-corrected chi connectivity index (χ1v) is 7.93. The van der Waals surface area contributed by atoms with Crippen LogP contribution in [0.1, 0.15) is 24.1 Å². The van der Waals surface area contributed by atoms with Crippen molar-refractivity contribution in [3.63, 3.8) is 0 Å². The average Bonchev–Trinajstić information content (AvgIpc) is 2.54. The summed E-state index contributed by atoms with van der Waals surface area (Å²) in [6.07, 6.45) is 1.43. The molecule has 1 unspecified atom stereocenters. The molecule has 0 heterocycles. The second kappa shape index (κ2) is 8.31. The summed E-state index contributed by atoms with van der Waals surface area (Å²) in [5, 5.41) is 6.26. The molecule has 2 amide bonds. The zero-order valence-electron chi connectivity index (χ0n) is 13.4. The molecule has 124 valence electrons. The third-order valence-corrected chi connectivity index (χ3v) is 3.71. The zero-order chi connectivity index (χ0) is 17.5. The van der Waals surface area contributed by atoms with Crippen LogP contribution in [-0.2, 0) is 16.0 Å². The molecule has 5 heteroatoms. The van der Waals surface area contributed by atoms with Gasteiger partial charge in [0.15, 0.2) is 0 Å². The lowest BCUT2D eigenvalue weighted by molar-refractivity contribution is -0.121. The molecule has 0 fully saturated rings. The predicted octanol–water partition coefficient (Wildman–Crippen LogP) is 3.88. The first-order chi connectivity index (χ1) is 11.5. The molecule has 0 aliphatic rings. The number of hydrogen-bond donors (Lipinski definition) is 2. The van der Waals surface area contributed by atoms with Crippen LogP contribution >= 0.6 is 11.6 Å². The topological polar surface area (TPSA) is 58.2 Å². The monoisotopic (exact) mass is 342 g/mol. The third-order valence-electron chi connectivity index (χ3n) is 3.47. The lowest BCUT2D eigenvalue weighted by Gasteiger charge is -2.15. The fourth-order valence-electron chi connectivity index (χ4n) is 2.29. The summed E-state index contributed by atoms with van der Waals surface area (Å²) < 4.78 is 0. The van der Waals surface area contributed by atoms with Crippen LogP contribution in [0, 0.1) is 0 Å². The van der Waals surface area contributed by atoms with E-state index in [-0.39, 0.29) is 24.3 Å². The van der Waals surface area contributed by atoms with Crippen LogP contribution in [0.15, 0.2) is 61.2 Å². The van der Waals surface area contributed by atoms with Gasteiger partial charge in [-0.1, -0.05) is 42.4 Å². The molecule has 0 aliphatic heterocycles. The van der Waals surface area contributed by atoms with Crippen molar-refractivity contribution >= 4 is 29.1 Å². The van der Waals surface area contributed by atoms with Crippen molar-refractivity contribution in [2.75, 3.05) is 5.32 Å². The van der Waals surface area contributed by atoms with Gasteiger partial charge in [-0.2, -0.15) is 0 Å². The number of hydrogen-bond acceptors (Lipinski definition) is 2. The van der Waals surface area contributed by atoms with Crippen LogP contribution in [0.25, 0.3) is 0 Å². The van der Waals surface area contributed by atoms with Crippen LogP contribution in [0.5, 0.6) is 0 Å². The molecular formula is C19H19ClN2O2. The van der Waals surface area contributed by atoms with Gasteiger partial charge in [-0.15, -0.1) is 0 Å². The summed E-state index contributed by atoms with van der Waals surface area (Å²) in [6.45, 7) is 5.32. The Kier molecular flexibility index (Phi) is 6.15. The zero-order valence-corrected chi connectivity index (χ0v) is 14.1. The van der Waals surface area contributed by atoms with Gasteiger partial charge < -0.3 is 10.6 Å². The van der Waals surface area contributed by atoms with Gasteiger partial charge in [0, 0.05) is 10.7 Å². The number of carbonyl (C=O) groups is 2. The SMILES string of the molecule is C=CC(=O)Nc1cccc(CC(=O)NC(C)c2cccc(Cl)c2)c1. The Bertz CT molecular complexity index is 759. The Hall–Kier alpha value is -2.59. The number of nitrogens with one attached hydrogen (secondary N) is 2. The molecule has 2 rings (SSSR count). The van der Waals surface area contributed by atoms with E-state index >= 15 is 0 Å². The normalized spacial score (nSPS) is 11.4. The molecule has 0 bridgehead atoms. The Labute approximate surface area is 146 Å². The fraction of sp³-hybridized carbons (Fsp3) is 0.158. The van der Waals surface area contributed by atoms with E-state index in [1.807, 2.05) is 31.2 Å². The molecule has 0 saturated heterocycles. The Morgan fingerprint density at radius 1 is 1.21 bits per heavy atom. The van der Waals surface area contributed by atoms with Crippen molar-refractivity contribution in [2.24, 2.45) is 0 Å². The molecule has 0 aliphatic carbocycles. The van der Waals surface area contributed by atoms with Gasteiger partial charge in [0.25, 0.3) is 0 Å². The smallest absolute Gasteiger partial charge is 0.247 e. The predicted molar refractivity (Wildman–Crippen MR) is 97.0 cm³/mol. The minimum atomic E-state index is -0.286. The van der Waals surface area contributed by atoms with Gasteiger partial charge in [0.05, 0.1) is 12.5 Å². The summed E-state index contributed by atoms with van der Waals surface area (Å²) in [4.78, 5) is 23.5. The minimum absolute atomic E-state index is 0.102. The lowest BCUT2D eigenvalue weighted by Crippen LogP contribution is -2.28. The maximum atomic E-state index is 12.2. The standard InChI is InChI=1S/C19H19ClN2O2/c1-3-18(23)22-17-9-4-6-14(10-17)11-19(24)21-13(2)15-7-5-8-16(20)12-15/h3-10,12-13H,1,11H2,2H3,(H,21,24)(H,22,23). The van der Waals surface area contributed by atoms with Crippen LogP contribution in [0.2, 0.25) is 5.02 Å². The molecule has 0 spiro atoms. The highest BCUT2D eigenvalue weighted by atomic mass is 35.5. The molecular weight excluding hydrogens is 324 g/mol. The minimum Gasteiger partial charge on any atom is -0.349 e. The van der Waals surface area contributed by atoms with Crippen LogP contribution in [0.4, 0.5) is 5.69 Å². The van der Waals surface area contributed by atoms with E-state index < -0.39 is 0 Å². The van der Waals surface area contributed by atoms with E-state index in [0.717, 1.165) is 11.1 Å². The van der Waals surface area contributed by atoms with Crippen molar-refractivity contribution in [3.8, 4) is 0 Å². The van der Waals surface area contributed by atoms with E-state index in [1.54, 1.807) is 24.3 Å². The van der Waals surface area contributed by atoms with E-state index in [0.29, 0.717) is 10.7 Å². The number of anilines is 1. The lowest BCUT2D eigenvalue weighted by atomic mass is 10.1. The van der Waals surface area contributed by atoms with E-state index in [1.165, 1.54) is 6.08 Å². The van der Waals surface area contributed by atoms with Gasteiger partial charge in [0.1, 0.15) is 0 Å². The molecule has 24 heavy (non-hydrogen) atoms. The van der Waals surface area contributed by atoms with Crippen molar-refractivity contribution in [2.45, 2.75) is 19.4 Å². The van der Waals surface area contributed by atoms with Gasteiger partial charge in [-0.05, 0) is 48.4 Å². The van der Waals surface area contributed by atoms with Crippen LogP contribution in [-0.4, -0.2) is 11.8 Å². The quantitative estimate of drug-likeness (QED) is 0.782. The summed E-state index contributed by atoms with van der Waals surface area (Å²) in [5.74, 6) is -0.388. The highest BCUT2D eigenvalue weighted by molar-refractivity contribution is 6.30. The molecule has 2 N–H and O–H groups in total. The summed E-state index contributed by atoms with van der Waals surface area (Å²) in [7, 11) is 0. The first-order valence-electron chi connectivity index (χ1n) is 7.55. The van der Waals surface area contributed by atoms with Crippen molar-refractivity contribution < 1.29 is 9.59 Å². The molecule has 0 saturated carbocycles. The van der Waals surface area contributed by atoms with Crippen molar-refractivity contribution in [3.05, 3.63) is 77.3 Å². The second-order valence-corrected chi connectivity index (χ2v) is 5.85. The molecule has 2 aromatic carbocycles. The highest BCUT2D eigenvalue weighted by Crippen LogP contribution is 2.18. The molecule has 0 aromatic heterocycles. The van der Waals surface area contributed by atoms with Crippen LogP contribution < -0.4 is 10.6 Å².